The lowest BCUT2D eigenvalue weighted by Crippen LogP contribution is -2.26. The molecule has 1 aliphatic heterocycles. The molecule has 0 bridgehead atoms. The smallest absolute Gasteiger partial charge is 0.248 e. The van der Waals surface area contributed by atoms with Gasteiger partial charge in [-0.1, -0.05) is 6.58 Å². The second-order valence-corrected chi connectivity index (χ2v) is 1.92. The largest absolute Gasteiger partial charge is 0.345 e. The van der Waals surface area contributed by atoms with Gasteiger partial charge in [0.1, 0.15) is 6.61 Å². The van der Waals surface area contributed by atoms with Crippen LogP contribution in [0.25, 0.3) is 0 Å². The number of ether oxygens (including phenoxy) is 1. The van der Waals surface area contributed by atoms with E-state index in [2.05, 4.69) is 18.8 Å². The molecule has 0 aromatic rings. The molecule has 49 valence electrons. The van der Waals surface area contributed by atoms with Crippen LogP contribution in [0, 0.1) is 6.92 Å². The molecule has 9 heavy (non-hydrogen) atoms. The molecule has 1 N–H and O–H groups in total. The van der Waals surface area contributed by atoms with Crippen molar-refractivity contribution >= 4 is 5.91 Å². The van der Waals surface area contributed by atoms with Gasteiger partial charge in [0.2, 0.25) is 5.91 Å². The second-order valence-electron chi connectivity index (χ2n) is 1.92. The highest BCUT2D eigenvalue weighted by Gasteiger charge is 2.20. The van der Waals surface area contributed by atoms with Crippen LogP contribution in [0.3, 0.4) is 0 Å². The van der Waals surface area contributed by atoms with Gasteiger partial charge in [-0.2, -0.15) is 0 Å². The van der Waals surface area contributed by atoms with Crippen molar-refractivity contribution in [2.75, 3.05) is 6.61 Å². The summed E-state index contributed by atoms with van der Waals surface area (Å²) in [4.78, 5) is 10.5. The first-order valence-electron chi connectivity index (χ1n) is 2.62. The van der Waals surface area contributed by atoms with Crippen molar-refractivity contribution in [3.05, 3.63) is 19.1 Å². The first-order valence-corrected chi connectivity index (χ1v) is 2.62. The van der Waals surface area contributed by atoms with Gasteiger partial charge in [0, 0.05) is 0 Å². The monoisotopic (exact) mass is 126 g/mol. The summed E-state index contributed by atoms with van der Waals surface area (Å²) >= 11 is 0. The van der Waals surface area contributed by atoms with Crippen LogP contribution < -0.4 is 5.32 Å². The molecule has 1 amide bonds. The molecular formula is C6H8NO2. The van der Waals surface area contributed by atoms with Crippen molar-refractivity contribution in [2.45, 2.75) is 6.23 Å². The maximum absolute atomic E-state index is 10.5. The van der Waals surface area contributed by atoms with Crippen molar-refractivity contribution in [1.82, 2.24) is 5.32 Å². The number of amides is 1. The third-order valence-corrected chi connectivity index (χ3v) is 1.04. The van der Waals surface area contributed by atoms with E-state index >= 15 is 0 Å². The van der Waals surface area contributed by atoms with Crippen LogP contribution in [0.2, 0.25) is 0 Å². The molecule has 0 saturated carbocycles. The van der Waals surface area contributed by atoms with Crippen LogP contribution in [0.1, 0.15) is 0 Å². The lowest BCUT2D eigenvalue weighted by molar-refractivity contribution is -0.119. The third kappa shape index (κ3) is 1.29. The van der Waals surface area contributed by atoms with Gasteiger partial charge in [0.25, 0.3) is 0 Å². The van der Waals surface area contributed by atoms with E-state index in [-0.39, 0.29) is 18.7 Å². The van der Waals surface area contributed by atoms with Gasteiger partial charge < -0.3 is 10.1 Å². The Morgan fingerprint density at radius 3 is 2.78 bits per heavy atom. The van der Waals surface area contributed by atoms with E-state index in [1.165, 1.54) is 0 Å². The van der Waals surface area contributed by atoms with Crippen LogP contribution in [-0.4, -0.2) is 18.7 Å². The van der Waals surface area contributed by atoms with Gasteiger partial charge in [-0.25, -0.2) is 0 Å². The number of carbonyl (C=O) groups excluding carboxylic acids is 1. The Kier molecular flexibility index (Phi) is 1.53. The average Bonchev–Trinajstić information content (AvgIpc) is 2.14. The van der Waals surface area contributed by atoms with Crippen molar-refractivity contribution < 1.29 is 9.53 Å². The minimum atomic E-state index is -0.363. The van der Waals surface area contributed by atoms with Gasteiger partial charge in [-0.3, -0.25) is 4.79 Å². The molecule has 1 atom stereocenters. The van der Waals surface area contributed by atoms with Crippen molar-refractivity contribution in [3.63, 3.8) is 0 Å². The Hall–Kier alpha value is -0.830. The molecule has 0 spiro atoms. The summed E-state index contributed by atoms with van der Waals surface area (Å²) in [7, 11) is 0. The topological polar surface area (TPSA) is 38.3 Å². The molecule has 3 heteroatoms. The second kappa shape index (κ2) is 2.19. The highest BCUT2D eigenvalue weighted by molar-refractivity contribution is 5.79. The first-order chi connectivity index (χ1) is 4.20. The van der Waals surface area contributed by atoms with Crippen LogP contribution in [0.4, 0.5) is 0 Å². The van der Waals surface area contributed by atoms with Crippen LogP contribution in [0.15, 0.2) is 12.2 Å². The maximum Gasteiger partial charge on any atom is 0.248 e. The highest BCUT2D eigenvalue weighted by Crippen LogP contribution is 2.04. The molecule has 1 rings (SSSR count). The quantitative estimate of drug-likeness (QED) is 0.530. The first kappa shape index (κ1) is 6.29. The Morgan fingerprint density at radius 2 is 2.56 bits per heavy atom. The molecule has 1 radical (unpaired) electrons. The van der Waals surface area contributed by atoms with Gasteiger partial charge >= 0.3 is 0 Å². The molecule has 0 aliphatic carbocycles. The third-order valence-electron chi connectivity index (χ3n) is 1.04. The SMILES string of the molecule is [CH2]C(=C)C1NC(=O)CO1. The summed E-state index contributed by atoms with van der Waals surface area (Å²) < 4.78 is 4.90. The van der Waals surface area contributed by atoms with Crippen LogP contribution in [-0.2, 0) is 9.53 Å². The minimum absolute atomic E-state index is 0.107. The Balaban J connectivity index is 2.48. The Bertz CT molecular complexity index is 153. The molecule has 1 saturated heterocycles. The highest BCUT2D eigenvalue weighted by atomic mass is 16.5. The van der Waals surface area contributed by atoms with Crippen molar-refractivity contribution in [3.8, 4) is 0 Å². The van der Waals surface area contributed by atoms with E-state index in [9.17, 15) is 4.79 Å². The Morgan fingerprint density at radius 1 is 1.89 bits per heavy atom. The van der Waals surface area contributed by atoms with E-state index in [0.717, 1.165) is 0 Å². The summed E-state index contributed by atoms with van der Waals surface area (Å²) in [6.07, 6.45) is -0.363. The van der Waals surface area contributed by atoms with E-state index in [1.54, 1.807) is 0 Å². The standard InChI is InChI=1S/C6H8NO2/c1-4(2)6-7-5(8)3-9-6/h6H,1-3H2,(H,7,8). The molecule has 3 nitrogen and oxygen atoms in total. The maximum atomic E-state index is 10.5. The lowest BCUT2D eigenvalue weighted by atomic mass is 10.3. The predicted molar refractivity (Wildman–Crippen MR) is 32.4 cm³/mol. The minimum Gasteiger partial charge on any atom is -0.345 e. The van der Waals surface area contributed by atoms with E-state index in [1.807, 2.05) is 0 Å². The average molecular weight is 126 g/mol. The summed E-state index contributed by atoms with van der Waals surface area (Å²) in [5.41, 5.74) is 0.584. The van der Waals surface area contributed by atoms with Crippen LogP contribution in [0.5, 0.6) is 0 Å². The predicted octanol–water partition coefficient (Wildman–Crippen LogP) is -0.151. The molecule has 0 aromatic heterocycles. The number of nitrogens with one attached hydrogen (secondary N) is 1. The zero-order valence-corrected chi connectivity index (χ0v) is 5.02. The van der Waals surface area contributed by atoms with Gasteiger partial charge in [0.15, 0.2) is 6.23 Å². The summed E-state index contributed by atoms with van der Waals surface area (Å²) in [6, 6.07) is 0. The number of carbonyl (C=O) groups is 1. The van der Waals surface area contributed by atoms with Crippen molar-refractivity contribution in [2.24, 2.45) is 0 Å². The molecule has 0 aromatic carbocycles. The van der Waals surface area contributed by atoms with Gasteiger partial charge in [0.05, 0.1) is 0 Å². The van der Waals surface area contributed by atoms with E-state index in [0.29, 0.717) is 5.57 Å². The fourth-order valence-corrected chi connectivity index (χ4v) is 0.608. The van der Waals surface area contributed by atoms with Gasteiger partial charge in [-0.15, -0.1) is 0 Å². The number of hydrogen-bond acceptors (Lipinski definition) is 2. The summed E-state index contributed by atoms with van der Waals surface area (Å²) in [5.74, 6) is -0.107. The van der Waals surface area contributed by atoms with Gasteiger partial charge in [-0.05, 0) is 12.5 Å². The molecule has 1 unspecified atom stereocenters. The molecule has 1 aliphatic rings. The number of rotatable bonds is 1. The molecule has 1 heterocycles. The van der Waals surface area contributed by atoms with Crippen LogP contribution >= 0.6 is 0 Å². The zero-order valence-electron chi connectivity index (χ0n) is 5.02. The number of hydrogen-bond donors (Lipinski definition) is 1. The zero-order chi connectivity index (χ0) is 6.85. The lowest BCUT2D eigenvalue weighted by Gasteiger charge is -2.06. The molecular weight excluding hydrogens is 118 g/mol. The van der Waals surface area contributed by atoms with Crippen molar-refractivity contribution in [1.29, 1.82) is 0 Å². The van der Waals surface area contributed by atoms with E-state index in [4.69, 9.17) is 4.74 Å². The molecule has 1 fully saturated rings. The fraction of sp³-hybridized carbons (Fsp3) is 0.333. The summed E-state index contributed by atoms with van der Waals surface area (Å²) in [6.45, 7) is 7.17. The Labute approximate surface area is 53.7 Å². The summed E-state index contributed by atoms with van der Waals surface area (Å²) in [5, 5.41) is 2.53. The normalized spacial score (nSPS) is 25.9. The fourth-order valence-electron chi connectivity index (χ4n) is 0.608. The van der Waals surface area contributed by atoms with E-state index < -0.39 is 0 Å².